The van der Waals surface area contributed by atoms with Crippen LogP contribution in [-0.4, -0.2) is 22.0 Å². The standard InChI is InChI=1S/C27H22BrN3O3/c1-3-17(2)33-21-8-6-7-18(13-21)16-29-31-26(30-23-10-5-4-9-22(23)27(31)32)25-15-19-14-20(28)11-12-24(19)34-25/h4-17H,3H2,1-2H3/t17-/m1/s1. The van der Waals surface area contributed by atoms with Gasteiger partial charge in [0, 0.05) is 9.86 Å². The SMILES string of the molecule is CC[C@@H](C)Oc1cccc(C=Nn2c(-c3cc4cc(Br)ccc4o3)nc3ccccc3c2=O)c1. The number of hydrogen-bond acceptors (Lipinski definition) is 5. The summed E-state index contributed by atoms with van der Waals surface area (Å²) in [5, 5.41) is 5.91. The van der Waals surface area contributed by atoms with E-state index >= 15 is 0 Å². The van der Waals surface area contributed by atoms with Gasteiger partial charge in [0.2, 0.25) is 5.82 Å². The molecule has 0 N–H and O–H groups in total. The number of halogens is 1. The normalized spacial score (nSPS) is 12.6. The molecule has 0 aliphatic rings. The number of aromatic nitrogens is 2. The topological polar surface area (TPSA) is 69.6 Å². The predicted molar refractivity (Wildman–Crippen MR) is 139 cm³/mol. The first-order valence-corrected chi connectivity index (χ1v) is 11.8. The summed E-state index contributed by atoms with van der Waals surface area (Å²) in [5.41, 5.74) is 1.82. The molecular weight excluding hydrogens is 494 g/mol. The van der Waals surface area contributed by atoms with E-state index in [2.05, 4.69) is 28.0 Å². The minimum Gasteiger partial charge on any atom is -0.491 e. The first-order chi connectivity index (χ1) is 16.5. The van der Waals surface area contributed by atoms with Crippen LogP contribution in [0.25, 0.3) is 33.5 Å². The Morgan fingerprint density at radius 1 is 1.12 bits per heavy atom. The van der Waals surface area contributed by atoms with Crippen LogP contribution in [0, 0.1) is 0 Å². The van der Waals surface area contributed by atoms with Gasteiger partial charge in [-0.2, -0.15) is 9.78 Å². The Morgan fingerprint density at radius 3 is 2.82 bits per heavy atom. The van der Waals surface area contributed by atoms with Gasteiger partial charge in [0.1, 0.15) is 11.3 Å². The third-order valence-electron chi connectivity index (χ3n) is 5.55. The smallest absolute Gasteiger partial charge is 0.282 e. The van der Waals surface area contributed by atoms with Crippen molar-refractivity contribution in [3.63, 3.8) is 0 Å². The number of ether oxygens (including phenoxy) is 1. The largest absolute Gasteiger partial charge is 0.491 e. The molecule has 0 fully saturated rings. The quantitative estimate of drug-likeness (QED) is 0.238. The van der Waals surface area contributed by atoms with Crippen molar-refractivity contribution < 1.29 is 9.15 Å². The molecule has 1 atom stereocenters. The van der Waals surface area contributed by atoms with Crippen LogP contribution in [-0.2, 0) is 0 Å². The molecule has 0 aliphatic carbocycles. The van der Waals surface area contributed by atoms with Crippen LogP contribution in [0.5, 0.6) is 5.75 Å². The molecule has 3 aromatic carbocycles. The van der Waals surface area contributed by atoms with E-state index in [9.17, 15) is 4.79 Å². The highest BCUT2D eigenvalue weighted by Crippen LogP contribution is 2.29. The summed E-state index contributed by atoms with van der Waals surface area (Å²) in [5.74, 6) is 1.55. The van der Waals surface area contributed by atoms with Crippen molar-refractivity contribution in [1.29, 1.82) is 0 Å². The van der Waals surface area contributed by atoms with Gasteiger partial charge in [-0.05, 0) is 67.4 Å². The lowest BCUT2D eigenvalue weighted by molar-refractivity contribution is 0.217. The van der Waals surface area contributed by atoms with E-state index in [1.807, 2.05) is 73.7 Å². The number of para-hydroxylation sites is 1. The molecule has 0 amide bonds. The second kappa shape index (κ2) is 9.27. The molecule has 2 heterocycles. The molecule has 5 rings (SSSR count). The Balaban J connectivity index is 1.63. The molecule has 0 unspecified atom stereocenters. The summed E-state index contributed by atoms with van der Waals surface area (Å²) in [6.45, 7) is 4.10. The minimum atomic E-state index is -0.273. The van der Waals surface area contributed by atoms with Crippen molar-refractivity contribution in [3.05, 3.63) is 93.2 Å². The summed E-state index contributed by atoms with van der Waals surface area (Å²) >= 11 is 3.49. The lowest BCUT2D eigenvalue weighted by atomic mass is 10.2. The van der Waals surface area contributed by atoms with Crippen LogP contribution in [0.3, 0.4) is 0 Å². The summed E-state index contributed by atoms with van der Waals surface area (Å²) in [6, 6.07) is 22.4. The van der Waals surface area contributed by atoms with Gasteiger partial charge in [0.25, 0.3) is 5.56 Å². The van der Waals surface area contributed by atoms with E-state index in [1.54, 1.807) is 12.3 Å². The van der Waals surface area contributed by atoms with Crippen molar-refractivity contribution in [1.82, 2.24) is 9.66 Å². The van der Waals surface area contributed by atoms with Crippen LogP contribution >= 0.6 is 15.9 Å². The van der Waals surface area contributed by atoms with E-state index < -0.39 is 0 Å². The lowest BCUT2D eigenvalue weighted by Gasteiger charge is -2.12. The number of furan rings is 1. The van der Waals surface area contributed by atoms with Gasteiger partial charge in [-0.3, -0.25) is 4.79 Å². The van der Waals surface area contributed by atoms with Gasteiger partial charge in [0.05, 0.1) is 23.2 Å². The average Bonchev–Trinajstić information content (AvgIpc) is 3.26. The van der Waals surface area contributed by atoms with E-state index in [1.165, 1.54) is 4.68 Å². The average molecular weight is 516 g/mol. The lowest BCUT2D eigenvalue weighted by Crippen LogP contribution is -2.20. The zero-order valence-corrected chi connectivity index (χ0v) is 20.3. The Labute approximate surface area is 204 Å². The molecule has 7 heteroatoms. The van der Waals surface area contributed by atoms with Crippen molar-refractivity contribution in [3.8, 4) is 17.3 Å². The fourth-order valence-corrected chi connectivity index (χ4v) is 4.00. The van der Waals surface area contributed by atoms with Crippen molar-refractivity contribution in [2.45, 2.75) is 26.4 Å². The van der Waals surface area contributed by atoms with E-state index in [0.717, 1.165) is 27.6 Å². The Bertz CT molecular complexity index is 1590. The van der Waals surface area contributed by atoms with E-state index in [0.29, 0.717) is 28.1 Å². The Kier molecular flexibility index (Phi) is 6.02. The number of hydrogen-bond donors (Lipinski definition) is 0. The van der Waals surface area contributed by atoms with Crippen molar-refractivity contribution in [2.24, 2.45) is 5.10 Å². The first-order valence-electron chi connectivity index (χ1n) is 11.0. The highest BCUT2D eigenvalue weighted by atomic mass is 79.9. The highest BCUT2D eigenvalue weighted by Gasteiger charge is 2.16. The van der Waals surface area contributed by atoms with E-state index in [-0.39, 0.29) is 11.7 Å². The Morgan fingerprint density at radius 2 is 1.97 bits per heavy atom. The summed E-state index contributed by atoms with van der Waals surface area (Å²) in [4.78, 5) is 18.1. The molecule has 2 aromatic heterocycles. The minimum absolute atomic E-state index is 0.110. The van der Waals surface area contributed by atoms with Gasteiger partial charge in [0.15, 0.2) is 5.76 Å². The fraction of sp³-hybridized carbons (Fsp3) is 0.148. The van der Waals surface area contributed by atoms with Crippen LogP contribution < -0.4 is 10.3 Å². The fourth-order valence-electron chi connectivity index (χ4n) is 3.62. The zero-order valence-electron chi connectivity index (χ0n) is 18.7. The molecule has 5 aromatic rings. The second-order valence-corrected chi connectivity index (χ2v) is 8.93. The predicted octanol–water partition coefficient (Wildman–Crippen LogP) is 6.63. The molecule has 0 aliphatic heterocycles. The maximum atomic E-state index is 13.4. The van der Waals surface area contributed by atoms with Gasteiger partial charge in [-0.1, -0.05) is 47.1 Å². The van der Waals surface area contributed by atoms with Gasteiger partial charge in [-0.15, -0.1) is 0 Å². The van der Waals surface area contributed by atoms with E-state index in [4.69, 9.17) is 14.1 Å². The molecule has 6 nitrogen and oxygen atoms in total. The van der Waals surface area contributed by atoms with Crippen molar-refractivity contribution >= 4 is 44.0 Å². The zero-order chi connectivity index (χ0) is 23.7. The molecule has 170 valence electrons. The van der Waals surface area contributed by atoms with Crippen molar-refractivity contribution in [2.75, 3.05) is 0 Å². The molecule has 0 radical (unpaired) electrons. The van der Waals surface area contributed by atoms with Crippen LogP contribution in [0.1, 0.15) is 25.8 Å². The molecule has 0 spiro atoms. The van der Waals surface area contributed by atoms with Crippen LogP contribution in [0.2, 0.25) is 0 Å². The number of rotatable bonds is 6. The molecular formula is C27H22BrN3O3. The maximum Gasteiger partial charge on any atom is 0.282 e. The summed E-state index contributed by atoms with van der Waals surface area (Å²) in [7, 11) is 0. The number of nitrogens with zero attached hydrogens (tertiary/aromatic N) is 3. The highest BCUT2D eigenvalue weighted by molar-refractivity contribution is 9.10. The number of benzene rings is 3. The van der Waals surface area contributed by atoms with Crippen LogP contribution in [0.15, 0.2) is 91.6 Å². The summed E-state index contributed by atoms with van der Waals surface area (Å²) < 4.78 is 14.2. The molecule has 34 heavy (non-hydrogen) atoms. The molecule has 0 saturated heterocycles. The van der Waals surface area contributed by atoms with Crippen LogP contribution in [0.4, 0.5) is 0 Å². The third kappa shape index (κ3) is 4.39. The second-order valence-electron chi connectivity index (χ2n) is 8.02. The number of fused-ring (bicyclic) bond motifs is 2. The maximum absolute atomic E-state index is 13.4. The third-order valence-corrected chi connectivity index (χ3v) is 6.04. The molecule has 0 saturated carbocycles. The van der Waals surface area contributed by atoms with Gasteiger partial charge < -0.3 is 9.15 Å². The first kappa shape index (κ1) is 22.1. The monoisotopic (exact) mass is 515 g/mol. The summed E-state index contributed by atoms with van der Waals surface area (Å²) in [6.07, 6.45) is 2.65. The van der Waals surface area contributed by atoms with Gasteiger partial charge >= 0.3 is 0 Å². The van der Waals surface area contributed by atoms with Gasteiger partial charge in [-0.25, -0.2) is 4.98 Å². The Hall–Kier alpha value is -3.71. The molecule has 0 bridgehead atoms.